The maximum absolute atomic E-state index is 2.57. The number of likely N-dealkylation sites (tertiary alicyclic amines) is 1. The second-order valence-electron chi connectivity index (χ2n) is 16.5. The highest BCUT2D eigenvalue weighted by Crippen LogP contribution is 2.70. The van der Waals surface area contributed by atoms with Crippen LogP contribution in [-0.2, 0) is 0 Å². The second kappa shape index (κ2) is 4.92. The zero-order valence-corrected chi connectivity index (χ0v) is 24.6. The maximum Gasteiger partial charge on any atom is 0.0861 e. The lowest BCUT2D eigenvalue weighted by Gasteiger charge is -2.23. The summed E-state index contributed by atoms with van der Waals surface area (Å²) >= 11 is 0. The zero-order valence-electron chi connectivity index (χ0n) is 24.6. The minimum atomic E-state index is 0.574. The zero-order chi connectivity index (χ0) is 28.0. The van der Waals surface area contributed by atoms with Gasteiger partial charge in [0.1, 0.15) is 0 Å². The van der Waals surface area contributed by atoms with E-state index in [-0.39, 0.29) is 0 Å². The van der Waals surface area contributed by atoms with Gasteiger partial charge < -0.3 is 4.48 Å². The largest absolute Gasteiger partial charge is 0.327 e. The Kier molecular flexibility index (Phi) is 2.12. The predicted molar refractivity (Wildman–Crippen MR) is 193 cm³/mol. The molecule has 2 atom stereocenters. The first-order valence-electron chi connectivity index (χ1n) is 16.9. The van der Waals surface area contributed by atoms with Gasteiger partial charge in [0, 0.05) is 11.8 Å². The molecule has 2 unspecified atom stereocenters. The molecule has 1 heteroatoms. The van der Waals surface area contributed by atoms with Gasteiger partial charge in [0.25, 0.3) is 0 Å². The molecule has 45 heavy (non-hydrogen) atoms. The first-order valence-corrected chi connectivity index (χ1v) is 16.9. The number of likely N-dealkylation sites (N-methyl/N-ethyl adjacent to an activating group) is 1. The van der Waals surface area contributed by atoms with Crippen LogP contribution in [0.4, 0.5) is 0 Å². The number of rotatable bonds is 0. The molecule has 1 heterocycles. The third-order valence-corrected chi connectivity index (χ3v) is 14.7. The van der Waals surface area contributed by atoms with Gasteiger partial charge in [-0.05, 0) is 162 Å². The van der Waals surface area contributed by atoms with Crippen LogP contribution in [-0.4, -0.2) is 31.7 Å². The first-order chi connectivity index (χ1) is 22.1. The SMILES string of the molecule is C[N+]1(C)CC2c3c4ccc5c6ccc7c8ccc9c%10ccc%11c(c%12c3c3c4c5c4c6c7c5c8c9c6c%10c%11c%12c7c3c4c5c67)C2C1. The Bertz CT molecular complexity index is 3540. The quantitative estimate of drug-likeness (QED) is 0.127. The molecule has 0 aromatic heterocycles. The van der Waals surface area contributed by atoms with E-state index in [2.05, 4.69) is 62.6 Å². The molecular weight excluding hydrogens is 542 g/mol. The molecule has 0 bridgehead atoms. The fraction of sp³-hybridized carbons (Fsp3) is 0.136. The summed E-state index contributed by atoms with van der Waals surface area (Å²) in [6, 6.07) is 20.1. The van der Waals surface area contributed by atoms with Crippen molar-refractivity contribution in [1.29, 1.82) is 0 Å². The molecule has 1 saturated heterocycles. The van der Waals surface area contributed by atoms with Gasteiger partial charge in [0.15, 0.2) is 0 Å². The Morgan fingerprint density at radius 3 is 0.844 bits per heavy atom. The van der Waals surface area contributed by atoms with Crippen LogP contribution < -0.4 is 0 Å². The number of hydrogen-bond acceptors (Lipinski definition) is 0. The average molecular weight is 563 g/mol. The summed E-state index contributed by atoms with van der Waals surface area (Å²) < 4.78 is 1.11. The summed E-state index contributed by atoms with van der Waals surface area (Å²) in [5.41, 5.74) is 3.41. The number of nitrogens with zero attached hydrogens (tertiary/aromatic N) is 1. The molecule has 15 aromatic carbocycles. The summed E-state index contributed by atoms with van der Waals surface area (Å²) in [6.45, 7) is 2.46. The van der Waals surface area contributed by atoms with Crippen molar-refractivity contribution in [3.05, 3.63) is 59.7 Å². The summed E-state index contributed by atoms with van der Waals surface area (Å²) in [6.07, 6.45) is 0. The van der Waals surface area contributed by atoms with Gasteiger partial charge in [-0.25, -0.2) is 0 Å². The van der Waals surface area contributed by atoms with Gasteiger partial charge in [0.2, 0.25) is 0 Å². The summed E-state index contributed by atoms with van der Waals surface area (Å²) in [7, 11) is 4.97. The molecule has 1 aliphatic heterocycles. The fourth-order valence-electron chi connectivity index (χ4n) is 13.8. The molecule has 0 radical (unpaired) electrons. The van der Waals surface area contributed by atoms with Crippen molar-refractivity contribution in [2.45, 2.75) is 11.8 Å². The molecule has 0 amide bonds. The van der Waals surface area contributed by atoms with Crippen molar-refractivity contribution in [2.24, 2.45) is 0 Å². The van der Waals surface area contributed by atoms with Crippen LogP contribution in [0.2, 0.25) is 0 Å². The van der Waals surface area contributed by atoms with Crippen LogP contribution in [0, 0.1) is 0 Å². The standard InChI is InChI=1S/C44H20N/c1-45(2)11-21-22(12-45)24-20-10-8-18-16-6-4-14-13-3-5-15-17-7-9-19-23(21)33-34(24)39-32(20)30(18)37-28(16)26(14)35-25(13)27(15)36-29(17)31(19)38(33)43-41(36)40(35)42(37)44(39)43/h3-10,21-22H,11-12H2,1-2H3/q+1. The van der Waals surface area contributed by atoms with Gasteiger partial charge >= 0.3 is 0 Å². The van der Waals surface area contributed by atoms with Crippen molar-refractivity contribution in [3.8, 4) is 0 Å². The van der Waals surface area contributed by atoms with E-state index in [0.717, 1.165) is 4.48 Å². The topological polar surface area (TPSA) is 0 Å². The smallest absolute Gasteiger partial charge is 0.0861 e. The Labute approximate surface area is 253 Å². The van der Waals surface area contributed by atoms with Gasteiger partial charge in [-0.1, -0.05) is 48.5 Å². The maximum atomic E-state index is 2.57. The van der Waals surface area contributed by atoms with Crippen LogP contribution >= 0.6 is 0 Å². The van der Waals surface area contributed by atoms with Crippen LogP contribution in [0.5, 0.6) is 0 Å². The van der Waals surface area contributed by atoms with Crippen molar-refractivity contribution in [1.82, 2.24) is 0 Å². The van der Waals surface area contributed by atoms with Crippen LogP contribution in [0.1, 0.15) is 23.0 Å². The molecule has 1 fully saturated rings. The fourth-order valence-corrected chi connectivity index (χ4v) is 13.8. The van der Waals surface area contributed by atoms with Crippen molar-refractivity contribution >= 4 is 151 Å². The molecule has 1 nitrogen and oxygen atoms in total. The second-order valence-corrected chi connectivity index (χ2v) is 16.5. The normalized spacial score (nSPS) is 21.6. The van der Waals surface area contributed by atoms with E-state index in [1.807, 2.05) is 0 Å². The van der Waals surface area contributed by atoms with Gasteiger partial charge in [-0.2, -0.15) is 0 Å². The van der Waals surface area contributed by atoms with Gasteiger partial charge in [-0.3, -0.25) is 0 Å². The van der Waals surface area contributed by atoms with Crippen molar-refractivity contribution in [3.63, 3.8) is 0 Å². The van der Waals surface area contributed by atoms with Crippen LogP contribution in [0.3, 0.4) is 0 Å². The molecule has 15 aromatic rings. The van der Waals surface area contributed by atoms with E-state index in [9.17, 15) is 0 Å². The summed E-state index contributed by atoms with van der Waals surface area (Å²) in [5, 5.41) is 43.9. The minimum absolute atomic E-state index is 0.574. The van der Waals surface area contributed by atoms with E-state index >= 15 is 0 Å². The Morgan fingerprint density at radius 2 is 0.533 bits per heavy atom. The summed E-state index contributed by atoms with van der Waals surface area (Å²) in [5.74, 6) is 1.15. The van der Waals surface area contributed by atoms with E-state index in [1.54, 1.807) is 130 Å². The molecule has 200 valence electrons. The first kappa shape index (κ1) is 19.4. The highest BCUT2D eigenvalue weighted by molar-refractivity contribution is 6.69. The molecule has 1 aliphatic carbocycles. The van der Waals surface area contributed by atoms with Gasteiger partial charge in [-0.15, -0.1) is 0 Å². The average Bonchev–Trinajstić information content (AvgIpc) is 3.87. The molecule has 17 rings (SSSR count). The number of benzene rings is 9. The minimum Gasteiger partial charge on any atom is -0.327 e. The third-order valence-electron chi connectivity index (χ3n) is 14.7. The van der Waals surface area contributed by atoms with E-state index in [4.69, 9.17) is 0 Å². The van der Waals surface area contributed by atoms with E-state index in [0.29, 0.717) is 11.8 Å². The highest BCUT2D eigenvalue weighted by atomic mass is 15.3. The van der Waals surface area contributed by atoms with Crippen LogP contribution in [0.15, 0.2) is 48.5 Å². The predicted octanol–water partition coefficient (Wildman–Crippen LogP) is 11.4. The van der Waals surface area contributed by atoms with E-state index in [1.165, 1.54) is 45.4 Å². The Morgan fingerprint density at radius 1 is 0.311 bits per heavy atom. The van der Waals surface area contributed by atoms with Crippen LogP contribution in [0.25, 0.3) is 151 Å². The Hall–Kier alpha value is -4.98. The summed E-state index contributed by atoms with van der Waals surface area (Å²) in [4.78, 5) is 0. The lowest BCUT2D eigenvalue weighted by Crippen LogP contribution is -2.36. The molecule has 2 aliphatic rings. The number of fused-ring (bicyclic) bond motifs is 8. The lowest BCUT2D eigenvalue weighted by molar-refractivity contribution is -0.879. The molecular formula is C44H20N+. The van der Waals surface area contributed by atoms with Crippen molar-refractivity contribution < 1.29 is 4.48 Å². The molecule has 0 N–H and O–H groups in total. The molecule has 0 saturated carbocycles. The van der Waals surface area contributed by atoms with Crippen molar-refractivity contribution in [2.75, 3.05) is 27.2 Å². The molecule has 0 spiro atoms. The lowest BCUT2D eigenvalue weighted by atomic mass is 9.76. The monoisotopic (exact) mass is 562 g/mol. The van der Waals surface area contributed by atoms with Gasteiger partial charge in [0.05, 0.1) is 27.2 Å². The highest BCUT2D eigenvalue weighted by Gasteiger charge is 2.50. The number of hydrogen-bond donors (Lipinski definition) is 0. The van der Waals surface area contributed by atoms with E-state index < -0.39 is 0 Å². The Balaban J connectivity index is 1.43. The third kappa shape index (κ3) is 1.38. The number of quaternary nitrogens is 1.